The van der Waals surface area contributed by atoms with Gasteiger partial charge in [-0.3, -0.25) is 9.69 Å². The van der Waals surface area contributed by atoms with Crippen molar-refractivity contribution < 1.29 is 18.8 Å². The Morgan fingerprint density at radius 3 is 2.08 bits per heavy atom. The lowest BCUT2D eigenvalue weighted by Crippen LogP contribution is -2.49. The summed E-state index contributed by atoms with van der Waals surface area (Å²) in [5.74, 6) is -0.169. The number of ether oxygens (including phenoxy) is 1. The molecule has 26 heavy (non-hydrogen) atoms. The molecule has 0 rings (SSSR count). The molecular weight excluding hydrogens is 346 g/mol. The summed E-state index contributed by atoms with van der Waals surface area (Å²) in [5.41, 5.74) is -0.648. The first-order valence-corrected chi connectivity index (χ1v) is 12.0. The fraction of sp³-hybridized carbons (Fsp3) is 0.700. The Kier molecular flexibility index (Phi) is 9.00. The highest BCUT2D eigenvalue weighted by Gasteiger charge is 2.38. The third-order valence-electron chi connectivity index (χ3n) is 4.40. The summed E-state index contributed by atoms with van der Waals surface area (Å²) in [6.45, 7) is 22.0. The van der Waals surface area contributed by atoms with E-state index in [1.165, 1.54) is 11.0 Å². The second-order valence-electron chi connectivity index (χ2n) is 8.95. The smallest absolute Gasteiger partial charge is 0.411 e. The van der Waals surface area contributed by atoms with Crippen molar-refractivity contribution in [2.24, 2.45) is 0 Å². The van der Waals surface area contributed by atoms with E-state index in [4.69, 9.17) is 9.16 Å². The Labute approximate surface area is 160 Å². The van der Waals surface area contributed by atoms with Crippen molar-refractivity contribution in [1.82, 2.24) is 4.90 Å². The molecule has 0 aromatic heterocycles. The predicted molar refractivity (Wildman–Crippen MR) is 110 cm³/mol. The third-order valence-corrected chi connectivity index (χ3v) is 8.90. The zero-order valence-corrected chi connectivity index (χ0v) is 19.0. The number of carbonyl (C=O) groups excluding carboxylic acids is 2. The van der Waals surface area contributed by atoms with Gasteiger partial charge in [0, 0.05) is 0 Å². The lowest BCUT2D eigenvalue weighted by molar-refractivity contribution is -0.116. The maximum atomic E-state index is 12.7. The molecule has 0 aliphatic carbocycles. The molecule has 0 bridgehead atoms. The summed E-state index contributed by atoms with van der Waals surface area (Å²) in [6.07, 6.45) is 4.20. The Bertz CT molecular complexity index is 527. The highest BCUT2D eigenvalue weighted by molar-refractivity contribution is 6.74. The van der Waals surface area contributed by atoms with Crippen LogP contribution in [0.3, 0.4) is 0 Å². The highest BCUT2D eigenvalue weighted by Crippen LogP contribution is 2.36. The molecular formula is C20H37NO4Si. The second kappa shape index (κ2) is 9.51. The molecule has 0 aliphatic heterocycles. The average Bonchev–Trinajstić information content (AvgIpc) is 2.43. The van der Waals surface area contributed by atoms with Crippen LogP contribution in [0.5, 0.6) is 0 Å². The SMILES string of the molecule is C=C[C@@H](CO[Si](C)(C)C(C)(C)C)N(CC(=O)C=CC)C(=O)OC(C)(C)C. The lowest BCUT2D eigenvalue weighted by atomic mass is 10.2. The van der Waals surface area contributed by atoms with Crippen LogP contribution in [0.25, 0.3) is 0 Å². The minimum absolute atomic E-state index is 0.0518. The van der Waals surface area contributed by atoms with E-state index >= 15 is 0 Å². The number of carbonyl (C=O) groups is 2. The molecule has 0 aromatic carbocycles. The fourth-order valence-electron chi connectivity index (χ4n) is 1.84. The van der Waals surface area contributed by atoms with Gasteiger partial charge in [0.1, 0.15) is 5.60 Å². The molecule has 5 nitrogen and oxygen atoms in total. The summed E-state index contributed by atoms with van der Waals surface area (Å²) in [4.78, 5) is 26.2. The molecule has 1 atom stereocenters. The molecule has 6 heteroatoms. The van der Waals surface area contributed by atoms with Crippen LogP contribution in [0, 0.1) is 0 Å². The molecule has 0 aliphatic rings. The van der Waals surface area contributed by atoms with Crippen LogP contribution < -0.4 is 0 Å². The largest absolute Gasteiger partial charge is 0.444 e. The monoisotopic (exact) mass is 383 g/mol. The number of hydrogen-bond donors (Lipinski definition) is 0. The van der Waals surface area contributed by atoms with Gasteiger partial charge >= 0.3 is 6.09 Å². The Balaban J connectivity index is 5.43. The van der Waals surface area contributed by atoms with E-state index in [1.54, 1.807) is 39.8 Å². The minimum atomic E-state index is -1.99. The van der Waals surface area contributed by atoms with E-state index in [0.29, 0.717) is 6.61 Å². The molecule has 0 aromatic rings. The molecule has 0 unspecified atom stereocenters. The van der Waals surface area contributed by atoms with Gasteiger partial charge in [0.2, 0.25) is 0 Å². The minimum Gasteiger partial charge on any atom is -0.444 e. The number of nitrogens with zero attached hydrogens (tertiary/aromatic N) is 1. The van der Waals surface area contributed by atoms with Gasteiger partial charge in [-0.1, -0.05) is 32.9 Å². The van der Waals surface area contributed by atoms with Crippen LogP contribution in [0.2, 0.25) is 18.1 Å². The number of amides is 1. The molecule has 0 N–H and O–H groups in total. The zero-order chi connectivity index (χ0) is 20.8. The van der Waals surface area contributed by atoms with Crippen LogP contribution in [0.15, 0.2) is 24.8 Å². The number of allylic oxidation sites excluding steroid dienone is 1. The quantitative estimate of drug-likeness (QED) is 0.338. The van der Waals surface area contributed by atoms with Gasteiger partial charge in [-0.2, -0.15) is 0 Å². The number of ketones is 1. The highest BCUT2D eigenvalue weighted by atomic mass is 28.4. The standard InChI is InChI=1S/C20H37NO4Si/c1-11-13-17(22)14-21(18(23)25-19(3,4)5)16(12-2)15-24-26(9,10)20(6,7)8/h11-13,16H,2,14-15H2,1,3-10H3/t16-/m0/s1. The van der Waals surface area contributed by atoms with E-state index in [0.717, 1.165) is 0 Å². The topological polar surface area (TPSA) is 55.8 Å². The van der Waals surface area contributed by atoms with E-state index in [2.05, 4.69) is 40.4 Å². The molecule has 0 saturated heterocycles. The normalized spacial score (nSPS) is 14.2. The van der Waals surface area contributed by atoms with E-state index in [1.807, 2.05) is 0 Å². The van der Waals surface area contributed by atoms with Crippen molar-refractivity contribution >= 4 is 20.2 Å². The van der Waals surface area contributed by atoms with Gasteiger partial charge in [0.15, 0.2) is 14.1 Å². The average molecular weight is 384 g/mol. The van der Waals surface area contributed by atoms with Gasteiger partial charge < -0.3 is 9.16 Å². The Morgan fingerprint density at radius 1 is 1.15 bits per heavy atom. The van der Waals surface area contributed by atoms with E-state index in [9.17, 15) is 9.59 Å². The van der Waals surface area contributed by atoms with Crippen molar-refractivity contribution in [1.29, 1.82) is 0 Å². The molecule has 150 valence electrons. The maximum Gasteiger partial charge on any atom is 0.411 e. The summed E-state index contributed by atoms with van der Waals surface area (Å²) in [6, 6.07) is -0.437. The first kappa shape index (κ1) is 24.6. The van der Waals surface area contributed by atoms with E-state index in [-0.39, 0.29) is 17.4 Å². The van der Waals surface area contributed by atoms with Crippen LogP contribution >= 0.6 is 0 Å². The summed E-state index contributed by atoms with van der Waals surface area (Å²) in [7, 11) is -1.99. The number of rotatable bonds is 8. The summed E-state index contributed by atoms with van der Waals surface area (Å²) < 4.78 is 11.7. The summed E-state index contributed by atoms with van der Waals surface area (Å²) >= 11 is 0. The Hall–Kier alpha value is -1.40. The Morgan fingerprint density at radius 2 is 1.69 bits per heavy atom. The first-order valence-electron chi connectivity index (χ1n) is 9.06. The number of hydrogen-bond acceptors (Lipinski definition) is 4. The van der Waals surface area contributed by atoms with Gasteiger partial charge in [0.05, 0.1) is 19.2 Å². The summed E-state index contributed by atoms with van der Waals surface area (Å²) in [5, 5.41) is 0.0518. The van der Waals surface area contributed by atoms with Gasteiger partial charge in [-0.05, 0) is 51.9 Å². The molecule has 0 radical (unpaired) electrons. The molecule has 0 spiro atoms. The van der Waals surface area contributed by atoms with Crippen molar-refractivity contribution in [3.63, 3.8) is 0 Å². The van der Waals surface area contributed by atoms with Crippen molar-refractivity contribution in [2.45, 2.75) is 78.2 Å². The van der Waals surface area contributed by atoms with Crippen LogP contribution in [0.4, 0.5) is 4.79 Å². The first-order chi connectivity index (χ1) is 11.6. The predicted octanol–water partition coefficient (Wildman–Crippen LogP) is 4.95. The molecule has 0 fully saturated rings. The van der Waals surface area contributed by atoms with Gasteiger partial charge in [-0.25, -0.2) is 4.79 Å². The zero-order valence-electron chi connectivity index (χ0n) is 18.0. The lowest BCUT2D eigenvalue weighted by Gasteiger charge is -2.38. The van der Waals surface area contributed by atoms with Crippen LogP contribution in [-0.4, -0.2) is 49.9 Å². The van der Waals surface area contributed by atoms with Crippen molar-refractivity contribution in [2.75, 3.05) is 13.2 Å². The van der Waals surface area contributed by atoms with Crippen LogP contribution in [0.1, 0.15) is 48.5 Å². The molecule has 1 amide bonds. The van der Waals surface area contributed by atoms with Crippen molar-refractivity contribution in [3.05, 3.63) is 24.8 Å². The maximum absolute atomic E-state index is 12.7. The van der Waals surface area contributed by atoms with Crippen LogP contribution in [-0.2, 0) is 14.0 Å². The molecule has 0 heterocycles. The van der Waals surface area contributed by atoms with Gasteiger partial charge in [0.25, 0.3) is 0 Å². The second-order valence-corrected chi connectivity index (χ2v) is 13.8. The van der Waals surface area contributed by atoms with E-state index < -0.39 is 26.1 Å². The van der Waals surface area contributed by atoms with Crippen molar-refractivity contribution in [3.8, 4) is 0 Å². The molecule has 0 saturated carbocycles. The van der Waals surface area contributed by atoms with Gasteiger partial charge in [-0.15, -0.1) is 6.58 Å². The fourth-order valence-corrected chi connectivity index (χ4v) is 2.86. The third kappa shape index (κ3) is 8.32.